The quantitative estimate of drug-likeness (QED) is 0.153. The van der Waals surface area contributed by atoms with Crippen molar-refractivity contribution in [1.29, 1.82) is 0 Å². The average molecular weight is 973 g/mol. The van der Waals surface area contributed by atoms with Crippen LogP contribution in [0.2, 0.25) is 0 Å². The van der Waals surface area contributed by atoms with Crippen molar-refractivity contribution in [2.24, 2.45) is 0 Å². The molecular formula is C74H56N2. The third-order valence-corrected chi connectivity index (χ3v) is 18.9. The second-order valence-corrected chi connectivity index (χ2v) is 24.4. The number of benzene rings is 10. The van der Waals surface area contributed by atoms with E-state index < -0.39 is 0 Å². The monoisotopic (exact) mass is 972 g/mol. The lowest BCUT2D eigenvalue weighted by atomic mass is 9.82. The molecule has 0 amide bonds. The molecule has 0 saturated heterocycles. The van der Waals surface area contributed by atoms with Crippen molar-refractivity contribution in [2.45, 2.75) is 77.0 Å². The van der Waals surface area contributed by atoms with Crippen LogP contribution >= 0.6 is 0 Å². The van der Waals surface area contributed by atoms with E-state index in [0.29, 0.717) is 0 Å². The van der Waals surface area contributed by atoms with Crippen LogP contribution in [-0.2, 0) is 21.7 Å². The minimum Gasteiger partial charge on any atom is -0.309 e. The Balaban J connectivity index is 0.800. The third kappa shape index (κ3) is 5.58. The Labute approximate surface area is 444 Å². The van der Waals surface area contributed by atoms with E-state index in [9.17, 15) is 0 Å². The first-order valence-corrected chi connectivity index (χ1v) is 27.2. The van der Waals surface area contributed by atoms with Gasteiger partial charge in [0.05, 0.1) is 22.1 Å². The zero-order valence-electron chi connectivity index (χ0n) is 44.4. The van der Waals surface area contributed by atoms with Crippen molar-refractivity contribution in [3.8, 4) is 67.7 Å². The maximum atomic E-state index is 3.56. The van der Waals surface area contributed by atoms with Gasteiger partial charge in [0, 0.05) is 65.7 Å². The molecule has 2 aromatic heterocycles. The maximum absolute atomic E-state index is 3.56. The molecule has 12 aromatic rings. The molecule has 0 N–H and O–H groups in total. The minimum absolute atomic E-state index is 0.111. The summed E-state index contributed by atoms with van der Waals surface area (Å²) in [6, 6.07) is 73.7. The molecule has 0 unspecified atom stereocenters. The van der Waals surface area contributed by atoms with E-state index >= 15 is 0 Å². The highest BCUT2D eigenvalue weighted by Crippen LogP contribution is 2.56. The Morgan fingerprint density at radius 3 is 0.737 bits per heavy atom. The molecule has 16 rings (SSSR count). The fourth-order valence-corrected chi connectivity index (χ4v) is 14.9. The average Bonchev–Trinajstić information content (AvgIpc) is 4.40. The van der Waals surface area contributed by atoms with Crippen molar-refractivity contribution in [3.05, 3.63) is 250 Å². The van der Waals surface area contributed by atoms with Gasteiger partial charge in [0.25, 0.3) is 0 Å². The molecule has 0 radical (unpaired) electrons. The predicted octanol–water partition coefficient (Wildman–Crippen LogP) is 18.5. The number of hydrogen-bond donors (Lipinski definition) is 0. The topological polar surface area (TPSA) is 9.86 Å². The van der Waals surface area contributed by atoms with E-state index in [4.69, 9.17) is 0 Å². The Morgan fingerprint density at radius 1 is 0.250 bits per heavy atom. The van der Waals surface area contributed by atoms with Crippen molar-refractivity contribution < 1.29 is 0 Å². The van der Waals surface area contributed by atoms with E-state index in [2.05, 4.69) is 270 Å². The van der Waals surface area contributed by atoms with Gasteiger partial charge < -0.3 is 9.13 Å². The van der Waals surface area contributed by atoms with Gasteiger partial charge in [-0.15, -0.1) is 0 Å². The van der Waals surface area contributed by atoms with Crippen LogP contribution < -0.4 is 0 Å². The summed E-state index contributed by atoms with van der Waals surface area (Å²) in [5.41, 5.74) is 30.6. The van der Waals surface area contributed by atoms with Gasteiger partial charge in [-0.1, -0.05) is 164 Å². The Morgan fingerprint density at radius 2 is 0.487 bits per heavy atom. The van der Waals surface area contributed by atoms with E-state index in [-0.39, 0.29) is 21.7 Å². The largest absolute Gasteiger partial charge is 0.309 e. The molecular weight excluding hydrogens is 917 g/mol. The van der Waals surface area contributed by atoms with Gasteiger partial charge in [-0.2, -0.15) is 0 Å². The van der Waals surface area contributed by atoms with Crippen LogP contribution in [0.1, 0.15) is 111 Å². The first kappa shape index (κ1) is 43.7. The first-order valence-electron chi connectivity index (χ1n) is 27.2. The number of nitrogens with zero attached hydrogens (tertiary/aromatic N) is 2. The lowest BCUT2D eigenvalue weighted by Crippen LogP contribution is -2.15. The number of fused-ring (bicyclic) bond motifs is 18. The second kappa shape index (κ2) is 14.6. The number of rotatable bonds is 2. The SMILES string of the molecule is CC1(C)c2ccccc2-c2cc3c4cc5c(cc4n(-c4ccc(C#Cc6ccc(-n7c8cc9c(cc8c8cc%10c(cc87)C(C)(C)c7ccccc7-%10)-c7ccccc7C9(C)C)cc6)cc4)c3cc21)C(C)(C)c1ccccc1-5. The Kier molecular flexibility index (Phi) is 8.40. The molecule has 0 atom stereocenters. The summed E-state index contributed by atoms with van der Waals surface area (Å²) in [7, 11) is 0. The molecule has 0 fully saturated rings. The summed E-state index contributed by atoms with van der Waals surface area (Å²) in [6.07, 6.45) is 0. The van der Waals surface area contributed by atoms with Crippen LogP contribution in [0.3, 0.4) is 0 Å². The summed E-state index contributed by atoms with van der Waals surface area (Å²) in [6.45, 7) is 19.0. The zero-order valence-corrected chi connectivity index (χ0v) is 44.4. The van der Waals surface area contributed by atoms with Gasteiger partial charge in [-0.05, 0) is 186 Å². The van der Waals surface area contributed by atoms with E-state index in [0.717, 1.165) is 22.5 Å². The van der Waals surface area contributed by atoms with Crippen molar-refractivity contribution in [2.75, 3.05) is 0 Å². The van der Waals surface area contributed by atoms with Crippen molar-refractivity contribution in [1.82, 2.24) is 9.13 Å². The fourth-order valence-electron chi connectivity index (χ4n) is 14.9. The number of aromatic nitrogens is 2. The zero-order chi connectivity index (χ0) is 51.4. The predicted molar refractivity (Wildman–Crippen MR) is 318 cm³/mol. The molecule has 2 heterocycles. The maximum Gasteiger partial charge on any atom is 0.0544 e. The molecule has 4 aliphatic carbocycles. The lowest BCUT2D eigenvalue weighted by Gasteiger charge is -2.22. The molecule has 2 heteroatoms. The van der Waals surface area contributed by atoms with Gasteiger partial charge in [0.1, 0.15) is 0 Å². The van der Waals surface area contributed by atoms with Gasteiger partial charge in [0.15, 0.2) is 0 Å². The lowest BCUT2D eigenvalue weighted by molar-refractivity contribution is 0.660. The minimum atomic E-state index is -0.111. The van der Waals surface area contributed by atoms with Gasteiger partial charge in [0.2, 0.25) is 0 Å². The standard InChI is InChI=1S/C74H56N2/c1-71(2)59-21-13-9-17-47(59)51-35-55-56-36-52-48-18-10-14-22-60(48)72(3,4)64(52)40-68(56)75(67(55)39-63(51)71)45-31-27-43(28-32-45)25-26-44-29-33-46(34-30-44)76-69-41-65-53(49-19-11-15-23-61(49)73(65,5)6)37-57(69)58-38-54-50-20-12-16-24-62(50)74(7,8)66(54)42-70(58)76/h9-24,27-42H,1-8H3. The smallest absolute Gasteiger partial charge is 0.0544 e. The summed E-state index contributed by atoms with van der Waals surface area (Å²) in [4.78, 5) is 0. The second-order valence-electron chi connectivity index (χ2n) is 24.4. The van der Waals surface area contributed by atoms with E-state index in [1.54, 1.807) is 0 Å². The summed E-state index contributed by atoms with van der Waals surface area (Å²) < 4.78 is 5.02. The van der Waals surface area contributed by atoms with Crippen molar-refractivity contribution in [3.63, 3.8) is 0 Å². The third-order valence-electron chi connectivity index (χ3n) is 18.9. The highest BCUT2D eigenvalue weighted by Gasteiger charge is 2.41. The van der Waals surface area contributed by atoms with Crippen LogP contribution in [0, 0.1) is 11.8 Å². The molecule has 0 spiro atoms. The Hall–Kier alpha value is -8.64. The van der Waals surface area contributed by atoms with Gasteiger partial charge >= 0.3 is 0 Å². The highest BCUT2D eigenvalue weighted by atomic mass is 15.0. The summed E-state index contributed by atoms with van der Waals surface area (Å²) in [5, 5.41) is 5.15. The van der Waals surface area contributed by atoms with Crippen LogP contribution in [0.15, 0.2) is 194 Å². The molecule has 76 heavy (non-hydrogen) atoms. The fraction of sp³-hybridized carbons (Fsp3) is 0.162. The van der Waals surface area contributed by atoms with Crippen LogP contribution in [0.5, 0.6) is 0 Å². The number of hydrogen-bond acceptors (Lipinski definition) is 0. The van der Waals surface area contributed by atoms with Gasteiger partial charge in [-0.3, -0.25) is 0 Å². The molecule has 2 nitrogen and oxygen atoms in total. The molecule has 0 bridgehead atoms. The van der Waals surface area contributed by atoms with E-state index in [1.165, 1.54) is 133 Å². The molecule has 0 saturated carbocycles. The summed E-state index contributed by atoms with van der Waals surface area (Å²) >= 11 is 0. The van der Waals surface area contributed by atoms with Crippen LogP contribution in [0.4, 0.5) is 0 Å². The highest BCUT2D eigenvalue weighted by molar-refractivity contribution is 6.15. The van der Waals surface area contributed by atoms with Crippen LogP contribution in [0.25, 0.3) is 99.5 Å². The van der Waals surface area contributed by atoms with Crippen molar-refractivity contribution >= 4 is 43.6 Å². The molecule has 0 aliphatic heterocycles. The van der Waals surface area contributed by atoms with Crippen LogP contribution in [-0.4, -0.2) is 9.13 Å². The Bertz CT molecular complexity index is 4120. The summed E-state index contributed by atoms with van der Waals surface area (Å²) in [5.74, 6) is 7.11. The van der Waals surface area contributed by atoms with E-state index in [1.807, 2.05) is 0 Å². The first-order chi connectivity index (χ1) is 36.7. The molecule has 362 valence electrons. The molecule has 10 aromatic carbocycles. The molecule has 4 aliphatic rings. The normalized spacial score (nSPS) is 15.9. The van der Waals surface area contributed by atoms with Gasteiger partial charge in [-0.25, -0.2) is 0 Å².